The maximum atomic E-state index is 12.6. The van der Waals surface area contributed by atoms with Gasteiger partial charge >= 0.3 is 6.03 Å². The van der Waals surface area contributed by atoms with Crippen LogP contribution in [0.25, 0.3) is 0 Å². The van der Waals surface area contributed by atoms with Gasteiger partial charge in [0.15, 0.2) is 0 Å². The monoisotopic (exact) mass is 349 g/mol. The third-order valence-corrected chi connectivity index (χ3v) is 5.35. The summed E-state index contributed by atoms with van der Waals surface area (Å²) in [6.45, 7) is 5.69. The van der Waals surface area contributed by atoms with Crippen molar-refractivity contribution in [3.05, 3.63) is 39.2 Å². The molecule has 3 rings (SSSR count). The van der Waals surface area contributed by atoms with E-state index < -0.39 is 0 Å². The maximum absolute atomic E-state index is 12.6. The van der Waals surface area contributed by atoms with E-state index in [1.54, 1.807) is 18.4 Å². The van der Waals surface area contributed by atoms with E-state index in [-0.39, 0.29) is 12.1 Å². The second-order valence-electron chi connectivity index (χ2n) is 6.00. The first kappa shape index (κ1) is 17.0. The van der Waals surface area contributed by atoms with Gasteiger partial charge in [-0.25, -0.2) is 9.78 Å². The van der Waals surface area contributed by atoms with Crippen molar-refractivity contribution in [3.63, 3.8) is 0 Å². The Morgan fingerprint density at radius 3 is 3.04 bits per heavy atom. The number of carbonyl (C=O) groups excluding carboxylic acids is 1. The largest absolute Gasteiger partial charge is 0.461 e. The number of nitrogens with one attached hydrogen (secondary N) is 1. The Balaban J connectivity index is 1.62. The Kier molecular flexibility index (Phi) is 5.20. The van der Waals surface area contributed by atoms with Gasteiger partial charge in [0.1, 0.15) is 23.1 Å². The number of nitrogens with zero attached hydrogens (tertiary/aromatic N) is 2. The van der Waals surface area contributed by atoms with Gasteiger partial charge in [-0.1, -0.05) is 0 Å². The maximum Gasteiger partial charge on any atom is 0.318 e. The van der Waals surface area contributed by atoms with Crippen LogP contribution in [0.4, 0.5) is 4.79 Å². The predicted molar refractivity (Wildman–Crippen MR) is 91.9 cm³/mol. The van der Waals surface area contributed by atoms with Crippen LogP contribution >= 0.6 is 11.3 Å². The van der Waals surface area contributed by atoms with E-state index in [0.29, 0.717) is 13.2 Å². The van der Waals surface area contributed by atoms with Crippen molar-refractivity contribution in [2.75, 3.05) is 13.7 Å². The molecule has 1 aliphatic heterocycles. The minimum atomic E-state index is -0.0623. The molecule has 0 aromatic carbocycles. The minimum Gasteiger partial charge on any atom is -0.461 e. The number of hydrogen-bond donors (Lipinski definition) is 1. The summed E-state index contributed by atoms with van der Waals surface area (Å²) in [6, 6.07) is 3.79. The van der Waals surface area contributed by atoms with Crippen molar-refractivity contribution in [3.8, 4) is 0 Å². The lowest BCUT2D eigenvalue weighted by Crippen LogP contribution is -2.39. The molecule has 1 atom stereocenters. The van der Waals surface area contributed by atoms with Crippen LogP contribution in [-0.4, -0.2) is 29.6 Å². The molecule has 0 bridgehead atoms. The number of hydrogen-bond acceptors (Lipinski definition) is 5. The van der Waals surface area contributed by atoms with Gasteiger partial charge in [0, 0.05) is 18.5 Å². The van der Waals surface area contributed by atoms with Crippen LogP contribution in [0.3, 0.4) is 0 Å². The molecule has 1 aliphatic rings. The van der Waals surface area contributed by atoms with Crippen LogP contribution in [0.2, 0.25) is 0 Å². The second-order valence-corrected chi connectivity index (χ2v) is 7.28. The zero-order valence-electron chi connectivity index (χ0n) is 14.3. The Morgan fingerprint density at radius 1 is 1.50 bits per heavy atom. The molecule has 6 nitrogen and oxygen atoms in total. The molecule has 1 saturated heterocycles. The van der Waals surface area contributed by atoms with Crippen molar-refractivity contribution in [2.45, 2.75) is 45.9 Å². The van der Waals surface area contributed by atoms with Gasteiger partial charge in [-0.2, -0.15) is 0 Å². The predicted octanol–water partition coefficient (Wildman–Crippen LogP) is 3.55. The zero-order chi connectivity index (χ0) is 17.1. The molecule has 2 aromatic rings. The standard InChI is InChI=1S/C17H23N3O3S/c1-11-12(2)24-16(19-11)9-18-17(21)20-8-4-5-14(20)15-7-6-13(23-15)10-22-3/h6-7,14H,4-5,8-10H2,1-3H3,(H,18,21)/t14-/m1/s1. The van der Waals surface area contributed by atoms with Crippen LogP contribution in [0.1, 0.15) is 46.0 Å². The fourth-order valence-electron chi connectivity index (χ4n) is 2.97. The molecule has 3 heterocycles. The average Bonchev–Trinajstić information content (AvgIpc) is 3.26. The Morgan fingerprint density at radius 2 is 2.33 bits per heavy atom. The summed E-state index contributed by atoms with van der Waals surface area (Å²) in [7, 11) is 1.64. The van der Waals surface area contributed by atoms with Gasteiger partial charge in [0.2, 0.25) is 0 Å². The van der Waals surface area contributed by atoms with Crippen LogP contribution in [0.5, 0.6) is 0 Å². The number of likely N-dealkylation sites (tertiary alicyclic amines) is 1. The van der Waals surface area contributed by atoms with Gasteiger partial charge in [-0.15, -0.1) is 11.3 Å². The van der Waals surface area contributed by atoms with E-state index in [2.05, 4.69) is 10.3 Å². The fourth-order valence-corrected chi connectivity index (χ4v) is 3.84. The van der Waals surface area contributed by atoms with Gasteiger partial charge < -0.3 is 19.4 Å². The molecule has 1 N–H and O–H groups in total. The van der Waals surface area contributed by atoms with Gasteiger partial charge in [-0.3, -0.25) is 0 Å². The van der Waals surface area contributed by atoms with Crippen LogP contribution in [-0.2, 0) is 17.9 Å². The average molecular weight is 349 g/mol. The number of urea groups is 1. The van der Waals surface area contributed by atoms with Crippen LogP contribution < -0.4 is 5.32 Å². The van der Waals surface area contributed by atoms with Gasteiger partial charge in [0.25, 0.3) is 0 Å². The summed E-state index contributed by atoms with van der Waals surface area (Å²) in [6.07, 6.45) is 1.90. The molecule has 0 saturated carbocycles. The third kappa shape index (κ3) is 3.62. The summed E-state index contributed by atoms with van der Waals surface area (Å²) in [5.74, 6) is 1.61. The van der Waals surface area contributed by atoms with Crippen molar-refractivity contribution < 1.29 is 13.9 Å². The summed E-state index contributed by atoms with van der Waals surface area (Å²) in [5.41, 5.74) is 1.03. The number of rotatable bonds is 5. The lowest BCUT2D eigenvalue weighted by molar-refractivity contribution is 0.156. The van der Waals surface area contributed by atoms with E-state index in [9.17, 15) is 4.79 Å². The fraction of sp³-hybridized carbons (Fsp3) is 0.529. The molecule has 24 heavy (non-hydrogen) atoms. The first-order valence-corrected chi connectivity index (χ1v) is 8.95. The zero-order valence-corrected chi connectivity index (χ0v) is 15.1. The Hall–Kier alpha value is -1.86. The number of carbonyl (C=O) groups is 1. The van der Waals surface area contributed by atoms with Gasteiger partial charge in [0.05, 0.1) is 18.3 Å². The minimum absolute atomic E-state index is 0.00428. The topological polar surface area (TPSA) is 67.6 Å². The summed E-state index contributed by atoms with van der Waals surface area (Å²) in [4.78, 5) is 20.1. The molecule has 0 spiro atoms. The number of aromatic nitrogens is 1. The molecule has 7 heteroatoms. The highest BCUT2D eigenvalue weighted by Crippen LogP contribution is 2.33. The van der Waals surface area contributed by atoms with E-state index in [1.807, 2.05) is 30.9 Å². The molecular weight excluding hydrogens is 326 g/mol. The van der Waals surface area contributed by atoms with E-state index in [4.69, 9.17) is 9.15 Å². The smallest absolute Gasteiger partial charge is 0.318 e. The number of methoxy groups -OCH3 is 1. The quantitative estimate of drug-likeness (QED) is 0.896. The number of thiazole rings is 1. The molecule has 2 aromatic heterocycles. The first-order valence-electron chi connectivity index (χ1n) is 8.13. The van der Waals surface area contributed by atoms with Crippen LogP contribution in [0.15, 0.2) is 16.5 Å². The number of ether oxygens (including phenoxy) is 1. The number of aryl methyl sites for hydroxylation is 2. The number of furan rings is 1. The molecule has 0 aliphatic carbocycles. The summed E-state index contributed by atoms with van der Waals surface area (Å²) in [5, 5.41) is 3.92. The highest BCUT2D eigenvalue weighted by Gasteiger charge is 2.32. The third-order valence-electron chi connectivity index (χ3n) is 4.27. The second kappa shape index (κ2) is 7.36. The van der Waals surface area contributed by atoms with E-state index in [0.717, 1.165) is 41.6 Å². The summed E-state index contributed by atoms with van der Waals surface area (Å²) < 4.78 is 10.9. The Bertz CT molecular complexity index is 690. The molecule has 130 valence electrons. The SMILES string of the molecule is COCc1ccc([C@H]2CCCN2C(=O)NCc2nc(C)c(C)s2)o1. The van der Waals surface area contributed by atoms with Crippen LogP contribution in [0, 0.1) is 13.8 Å². The van der Waals surface area contributed by atoms with Crippen molar-refractivity contribution in [1.29, 1.82) is 0 Å². The molecule has 0 unspecified atom stereocenters. The molecule has 1 fully saturated rings. The van der Waals surface area contributed by atoms with Crippen molar-refractivity contribution in [1.82, 2.24) is 15.2 Å². The Labute approximate surface area is 145 Å². The lowest BCUT2D eigenvalue weighted by Gasteiger charge is -2.23. The highest BCUT2D eigenvalue weighted by molar-refractivity contribution is 7.11. The van der Waals surface area contributed by atoms with Crippen molar-refractivity contribution in [2.24, 2.45) is 0 Å². The molecule has 0 radical (unpaired) electrons. The normalized spacial score (nSPS) is 17.5. The summed E-state index contributed by atoms with van der Waals surface area (Å²) >= 11 is 1.63. The van der Waals surface area contributed by atoms with Crippen molar-refractivity contribution >= 4 is 17.4 Å². The first-order chi connectivity index (χ1) is 11.6. The number of amides is 2. The van der Waals surface area contributed by atoms with E-state index >= 15 is 0 Å². The van der Waals surface area contributed by atoms with Gasteiger partial charge in [-0.05, 0) is 38.8 Å². The molecule has 2 amide bonds. The highest BCUT2D eigenvalue weighted by atomic mass is 32.1. The van der Waals surface area contributed by atoms with E-state index in [1.165, 1.54) is 4.88 Å². The lowest BCUT2D eigenvalue weighted by atomic mass is 10.2. The molecular formula is C17H23N3O3S.